The lowest BCUT2D eigenvalue weighted by molar-refractivity contribution is 0.341. The molecule has 1 unspecified atom stereocenters. The Morgan fingerprint density at radius 2 is 2.44 bits per heavy atom. The fourth-order valence-corrected chi connectivity index (χ4v) is 3.63. The first-order chi connectivity index (χ1) is 7.86. The molecule has 2 aliphatic heterocycles. The Kier molecular flexibility index (Phi) is 2.81. The number of hydrogen-bond donors (Lipinski definition) is 2. The first kappa shape index (κ1) is 10.5. The summed E-state index contributed by atoms with van der Waals surface area (Å²) in [5.74, 6) is 3.03. The molecule has 1 fully saturated rings. The number of hydrogen-bond acceptors (Lipinski definition) is 4. The lowest BCUT2D eigenvalue weighted by atomic mass is 10.1. The van der Waals surface area contributed by atoms with E-state index in [0.29, 0.717) is 6.04 Å². The molecule has 1 aromatic heterocycles. The van der Waals surface area contributed by atoms with E-state index < -0.39 is 0 Å². The lowest BCUT2D eigenvalue weighted by Gasteiger charge is -2.25. The standard InChI is InChI=1S/C11H18N4S/c12-11-9-3-5-16-7-10(9)15(14-11)8-2-1-4-13-6-8/h8,13H,1-7H2,(H2,12,14). The second-order valence-corrected chi connectivity index (χ2v) is 5.66. The molecule has 1 saturated heterocycles. The molecule has 0 bridgehead atoms. The summed E-state index contributed by atoms with van der Waals surface area (Å²) in [7, 11) is 0. The molecule has 16 heavy (non-hydrogen) atoms. The minimum atomic E-state index is 0.512. The van der Waals surface area contributed by atoms with Gasteiger partial charge in [0.1, 0.15) is 5.82 Å². The predicted octanol–water partition coefficient (Wildman–Crippen LogP) is 1.18. The molecular formula is C11H18N4S. The van der Waals surface area contributed by atoms with E-state index in [-0.39, 0.29) is 0 Å². The van der Waals surface area contributed by atoms with Gasteiger partial charge in [-0.15, -0.1) is 0 Å². The predicted molar refractivity (Wildman–Crippen MR) is 67.6 cm³/mol. The van der Waals surface area contributed by atoms with E-state index in [1.54, 1.807) is 0 Å². The highest BCUT2D eigenvalue weighted by atomic mass is 32.2. The van der Waals surface area contributed by atoms with Crippen LogP contribution in [0.25, 0.3) is 0 Å². The summed E-state index contributed by atoms with van der Waals surface area (Å²) in [5, 5.41) is 8.00. The van der Waals surface area contributed by atoms with Crippen molar-refractivity contribution in [3.05, 3.63) is 11.3 Å². The number of piperidine rings is 1. The van der Waals surface area contributed by atoms with Gasteiger partial charge in [-0.05, 0) is 31.6 Å². The van der Waals surface area contributed by atoms with E-state index in [1.165, 1.54) is 29.9 Å². The Morgan fingerprint density at radius 1 is 1.50 bits per heavy atom. The summed E-state index contributed by atoms with van der Waals surface area (Å²) in [5.41, 5.74) is 8.69. The van der Waals surface area contributed by atoms with Crippen LogP contribution in [0.4, 0.5) is 5.82 Å². The highest BCUT2D eigenvalue weighted by Gasteiger charge is 2.24. The summed E-state index contributed by atoms with van der Waals surface area (Å²) in [4.78, 5) is 0. The number of rotatable bonds is 1. The van der Waals surface area contributed by atoms with Gasteiger partial charge in [-0.25, -0.2) is 0 Å². The monoisotopic (exact) mass is 238 g/mol. The van der Waals surface area contributed by atoms with Gasteiger partial charge >= 0.3 is 0 Å². The van der Waals surface area contributed by atoms with Gasteiger partial charge in [-0.1, -0.05) is 0 Å². The van der Waals surface area contributed by atoms with Crippen LogP contribution in [0.3, 0.4) is 0 Å². The number of nitrogens with zero attached hydrogens (tertiary/aromatic N) is 2. The van der Waals surface area contributed by atoms with Crippen LogP contribution in [0.1, 0.15) is 30.1 Å². The second kappa shape index (κ2) is 4.30. The molecule has 3 heterocycles. The quantitative estimate of drug-likeness (QED) is 0.771. The van der Waals surface area contributed by atoms with Gasteiger partial charge < -0.3 is 11.1 Å². The van der Waals surface area contributed by atoms with Crippen LogP contribution >= 0.6 is 11.8 Å². The van der Waals surface area contributed by atoms with E-state index in [0.717, 1.165) is 31.1 Å². The van der Waals surface area contributed by atoms with Crippen LogP contribution in [-0.2, 0) is 12.2 Å². The minimum absolute atomic E-state index is 0.512. The highest BCUT2D eigenvalue weighted by Crippen LogP contribution is 2.31. The van der Waals surface area contributed by atoms with Gasteiger partial charge in [0.15, 0.2) is 0 Å². The summed E-state index contributed by atoms with van der Waals surface area (Å²) in [6.45, 7) is 2.18. The first-order valence-corrected chi connectivity index (χ1v) is 7.16. The van der Waals surface area contributed by atoms with Crippen LogP contribution < -0.4 is 11.1 Å². The zero-order chi connectivity index (χ0) is 11.0. The van der Waals surface area contributed by atoms with Crippen molar-refractivity contribution in [2.24, 2.45) is 0 Å². The van der Waals surface area contributed by atoms with Gasteiger partial charge in [0.2, 0.25) is 0 Å². The Hall–Kier alpha value is -0.680. The number of fused-ring (bicyclic) bond motifs is 1. The molecular weight excluding hydrogens is 220 g/mol. The van der Waals surface area contributed by atoms with Crippen molar-refractivity contribution in [2.45, 2.75) is 31.1 Å². The van der Waals surface area contributed by atoms with Crippen LogP contribution in [0, 0.1) is 0 Å². The topological polar surface area (TPSA) is 55.9 Å². The Labute approximate surface area is 100.0 Å². The Morgan fingerprint density at radius 3 is 3.25 bits per heavy atom. The molecule has 0 spiro atoms. The fraction of sp³-hybridized carbons (Fsp3) is 0.727. The molecule has 5 heteroatoms. The molecule has 3 rings (SSSR count). The minimum Gasteiger partial charge on any atom is -0.382 e. The van der Waals surface area contributed by atoms with E-state index in [2.05, 4.69) is 15.1 Å². The van der Waals surface area contributed by atoms with E-state index in [1.807, 2.05) is 11.8 Å². The largest absolute Gasteiger partial charge is 0.382 e. The number of nitrogen functional groups attached to an aromatic ring is 1. The van der Waals surface area contributed by atoms with Crippen molar-refractivity contribution in [3.8, 4) is 0 Å². The first-order valence-electron chi connectivity index (χ1n) is 6.00. The Balaban J connectivity index is 1.93. The van der Waals surface area contributed by atoms with Crippen LogP contribution in [-0.4, -0.2) is 28.6 Å². The number of anilines is 1. The summed E-state index contributed by atoms with van der Waals surface area (Å²) in [6.07, 6.45) is 3.56. The smallest absolute Gasteiger partial charge is 0.148 e. The maximum absolute atomic E-state index is 6.01. The van der Waals surface area contributed by atoms with Crippen molar-refractivity contribution < 1.29 is 0 Å². The van der Waals surface area contributed by atoms with Crippen LogP contribution in [0.5, 0.6) is 0 Å². The van der Waals surface area contributed by atoms with Gasteiger partial charge in [-0.3, -0.25) is 4.68 Å². The SMILES string of the molecule is Nc1nn(C2CCCNC2)c2c1CCSC2. The van der Waals surface area contributed by atoms with Crippen molar-refractivity contribution in [2.75, 3.05) is 24.6 Å². The van der Waals surface area contributed by atoms with Gasteiger partial charge in [0, 0.05) is 17.9 Å². The van der Waals surface area contributed by atoms with Gasteiger partial charge in [0.25, 0.3) is 0 Å². The Bertz CT molecular complexity index is 382. The van der Waals surface area contributed by atoms with E-state index in [9.17, 15) is 0 Å². The number of thioether (sulfide) groups is 1. The summed E-state index contributed by atoms with van der Waals surface area (Å²) >= 11 is 1.99. The average molecular weight is 238 g/mol. The molecule has 2 aliphatic rings. The number of nitrogens with one attached hydrogen (secondary N) is 1. The maximum atomic E-state index is 6.01. The molecule has 0 amide bonds. The number of nitrogens with two attached hydrogens (primary N) is 1. The van der Waals surface area contributed by atoms with Crippen molar-refractivity contribution >= 4 is 17.6 Å². The molecule has 3 N–H and O–H groups in total. The van der Waals surface area contributed by atoms with Crippen molar-refractivity contribution in [3.63, 3.8) is 0 Å². The van der Waals surface area contributed by atoms with Gasteiger partial charge in [-0.2, -0.15) is 16.9 Å². The molecule has 0 radical (unpaired) electrons. The fourth-order valence-electron chi connectivity index (χ4n) is 2.64. The molecule has 4 nitrogen and oxygen atoms in total. The zero-order valence-electron chi connectivity index (χ0n) is 9.41. The third kappa shape index (κ3) is 1.72. The van der Waals surface area contributed by atoms with Crippen molar-refractivity contribution in [1.29, 1.82) is 0 Å². The van der Waals surface area contributed by atoms with E-state index >= 15 is 0 Å². The molecule has 1 aromatic rings. The summed E-state index contributed by atoms with van der Waals surface area (Å²) < 4.78 is 2.20. The molecule has 1 atom stereocenters. The van der Waals surface area contributed by atoms with Crippen molar-refractivity contribution in [1.82, 2.24) is 15.1 Å². The van der Waals surface area contributed by atoms with Crippen LogP contribution in [0.2, 0.25) is 0 Å². The molecule has 0 saturated carbocycles. The maximum Gasteiger partial charge on any atom is 0.148 e. The van der Waals surface area contributed by atoms with Gasteiger partial charge in [0.05, 0.1) is 11.7 Å². The average Bonchev–Trinajstić information content (AvgIpc) is 2.69. The zero-order valence-corrected chi connectivity index (χ0v) is 10.2. The molecule has 88 valence electrons. The third-order valence-electron chi connectivity index (χ3n) is 3.50. The summed E-state index contributed by atoms with van der Waals surface area (Å²) in [6, 6.07) is 0.512. The highest BCUT2D eigenvalue weighted by molar-refractivity contribution is 7.98. The van der Waals surface area contributed by atoms with Crippen LogP contribution in [0.15, 0.2) is 0 Å². The second-order valence-electron chi connectivity index (χ2n) is 4.56. The lowest BCUT2D eigenvalue weighted by Crippen LogP contribution is -2.33. The third-order valence-corrected chi connectivity index (χ3v) is 4.47. The number of aromatic nitrogens is 2. The normalized spacial score (nSPS) is 25.4. The van der Waals surface area contributed by atoms with E-state index in [4.69, 9.17) is 5.73 Å². The molecule has 0 aromatic carbocycles. The molecule has 0 aliphatic carbocycles.